The van der Waals surface area contributed by atoms with Crippen LogP contribution in [0, 0.1) is 11.2 Å². The number of carboxylic acid groups (broad SMARTS) is 1. The van der Waals surface area contributed by atoms with Gasteiger partial charge in [-0.3, -0.25) is 9.59 Å². The predicted octanol–water partition coefficient (Wildman–Crippen LogP) is 1.67. The van der Waals surface area contributed by atoms with Crippen LogP contribution < -0.4 is 0 Å². The Morgan fingerprint density at radius 1 is 1.28 bits per heavy atom. The maximum atomic E-state index is 13.1. The number of carbonyl (C=O) groups is 2. The molecule has 1 saturated heterocycles. The Balaban J connectivity index is 1.88. The molecule has 0 unspecified atom stereocenters. The Labute approximate surface area is 143 Å². The van der Waals surface area contributed by atoms with Crippen LogP contribution in [0.25, 0.3) is 0 Å². The minimum atomic E-state index is -1.53. The number of hydrogen-bond donors (Lipinski definition) is 3. The predicted molar refractivity (Wildman–Crippen MR) is 87.5 cm³/mol. The summed E-state index contributed by atoms with van der Waals surface area (Å²) in [6, 6.07) is 7.13. The van der Waals surface area contributed by atoms with Gasteiger partial charge in [-0.1, -0.05) is 12.1 Å². The van der Waals surface area contributed by atoms with Gasteiger partial charge in [0.2, 0.25) is 0 Å². The van der Waals surface area contributed by atoms with Gasteiger partial charge in [0.15, 0.2) is 0 Å². The van der Waals surface area contributed by atoms with Crippen LogP contribution in [0.4, 0.5) is 4.39 Å². The molecule has 1 aromatic heterocycles. The van der Waals surface area contributed by atoms with Crippen LogP contribution in [0.2, 0.25) is 0 Å². The number of rotatable bonds is 4. The molecular formula is C18H19FN2O4. The largest absolute Gasteiger partial charge is 0.481 e. The maximum Gasteiger partial charge on any atom is 0.314 e. The highest BCUT2D eigenvalue weighted by molar-refractivity contribution is 5.94. The summed E-state index contributed by atoms with van der Waals surface area (Å²) in [5.74, 6) is -1.87. The fourth-order valence-electron chi connectivity index (χ4n) is 3.32. The Hall–Kier alpha value is -2.67. The molecule has 7 heteroatoms. The molecule has 1 amide bonds. The van der Waals surface area contributed by atoms with Crippen molar-refractivity contribution in [1.82, 2.24) is 9.88 Å². The summed E-state index contributed by atoms with van der Waals surface area (Å²) in [5.41, 5.74) is -0.488. The van der Waals surface area contributed by atoms with E-state index in [1.54, 1.807) is 18.5 Å². The number of aliphatic hydroxyl groups is 1. The average Bonchev–Trinajstić information content (AvgIpc) is 3.12. The van der Waals surface area contributed by atoms with E-state index in [2.05, 4.69) is 4.98 Å². The van der Waals surface area contributed by atoms with Gasteiger partial charge in [-0.2, -0.15) is 0 Å². The first-order chi connectivity index (χ1) is 11.9. The number of nitrogens with zero attached hydrogens (tertiary/aromatic N) is 1. The third-order valence-corrected chi connectivity index (χ3v) is 4.77. The first-order valence-electron chi connectivity index (χ1n) is 8.00. The summed E-state index contributed by atoms with van der Waals surface area (Å²) >= 11 is 0. The van der Waals surface area contributed by atoms with Crippen molar-refractivity contribution in [2.45, 2.75) is 18.9 Å². The number of benzene rings is 1. The van der Waals surface area contributed by atoms with Gasteiger partial charge in [-0.05, 0) is 36.6 Å². The van der Waals surface area contributed by atoms with E-state index in [0.29, 0.717) is 11.1 Å². The molecule has 25 heavy (non-hydrogen) atoms. The molecule has 3 N–H and O–H groups in total. The number of H-pyrrole nitrogens is 1. The smallest absolute Gasteiger partial charge is 0.314 e. The van der Waals surface area contributed by atoms with Gasteiger partial charge in [0.1, 0.15) is 11.2 Å². The van der Waals surface area contributed by atoms with Gasteiger partial charge in [-0.25, -0.2) is 4.39 Å². The fraction of sp³-hybridized carbons (Fsp3) is 0.333. The van der Waals surface area contributed by atoms with Crippen molar-refractivity contribution in [2.24, 2.45) is 5.41 Å². The van der Waals surface area contributed by atoms with Crippen molar-refractivity contribution >= 4 is 11.9 Å². The van der Waals surface area contributed by atoms with Crippen molar-refractivity contribution in [3.8, 4) is 0 Å². The molecule has 1 aromatic carbocycles. The van der Waals surface area contributed by atoms with Gasteiger partial charge in [0, 0.05) is 25.5 Å². The summed E-state index contributed by atoms with van der Waals surface area (Å²) in [6.45, 7) is 0.175. The quantitative estimate of drug-likeness (QED) is 0.785. The first-order valence-corrected chi connectivity index (χ1v) is 8.00. The number of amides is 1. The van der Waals surface area contributed by atoms with Gasteiger partial charge in [-0.15, -0.1) is 0 Å². The standard InChI is InChI=1S/C18H19FN2O4/c19-14-3-1-12(2-4-14)9-18(17(24)25)11-21(8-6-15(18)22)16(23)13-5-7-20-10-13/h1-5,7,10,15,20,22H,6,8-9,11H2,(H,24,25)/t15-,18-/m1/s1. The highest BCUT2D eigenvalue weighted by Gasteiger charge is 2.50. The normalized spacial score (nSPS) is 23.4. The van der Waals surface area contributed by atoms with E-state index in [4.69, 9.17) is 0 Å². The molecule has 2 heterocycles. The fourth-order valence-corrected chi connectivity index (χ4v) is 3.32. The van der Waals surface area contributed by atoms with Gasteiger partial charge < -0.3 is 20.1 Å². The molecule has 1 fully saturated rings. The molecule has 1 aliphatic rings. The molecule has 0 saturated carbocycles. The summed E-state index contributed by atoms with van der Waals surface area (Å²) < 4.78 is 13.1. The van der Waals surface area contributed by atoms with Crippen LogP contribution in [0.1, 0.15) is 22.3 Å². The van der Waals surface area contributed by atoms with Crippen LogP contribution in [0.3, 0.4) is 0 Å². The molecule has 2 aromatic rings. The number of aliphatic carboxylic acids is 1. The molecule has 2 atom stereocenters. The van der Waals surface area contributed by atoms with Crippen LogP contribution in [-0.2, 0) is 11.2 Å². The Bertz CT molecular complexity index is 760. The number of nitrogens with one attached hydrogen (secondary N) is 1. The lowest BCUT2D eigenvalue weighted by Gasteiger charge is -2.43. The van der Waals surface area contributed by atoms with Crippen molar-refractivity contribution in [1.29, 1.82) is 0 Å². The zero-order valence-corrected chi connectivity index (χ0v) is 13.5. The number of aromatic amines is 1. The number of likely N-dealkylation sites (tertiary alicyclic amines) is 1. The van der Waals surface area contributed by atoms with E-state index in [1.165, 1.54) is 29.2 Å². The summed E-state index contributed by atoms with van der Waals surface area (Å²) in [6.07, 6.45) is 2.26. The molecule has 0 aliphatic carbocycles. The molecule has 0 radical (unpaired) electrons. The van der Waals surface area contributed by atoms with E-state index in [-0.39, 0.29) is 31.8 Å². The minimum absolute atomic E-state index is 0.0146. The summed E-state index contributed by atoms with van der Waals surface area (Å²) in [5, 5.41) is 20.3. The molecule has 6 nitrogen and oxygen atoms in total. The van der Waals surface area contributed by atoms with Gasteiger partial charge in [0.05, 0.1) is 11.7 Å². The second kappa shape index (κ2) is 6.68. The topological polar surface area (TPSA) is 93.6 Å². The Morgan fingerprint density at radius 3 is 2.60 bits per heavy atom. The van der Waals surface area contributed by atoms with Crippen molar-refractivity contribution in [3.63, 3.8) is 0 Å². The number of aromatic nitrogens is 1. The van der Waals surface area contributed by atoms with E-state index in [1.807, 2.05) is 0 Å². The number of piperidine rings is 1. The number of hydrogen-bond acceptors (Lipinski definition) is 3. The highest BCUT2D eigenvalue weighted by atomic mass is 19.1. The SMILES string of the molecule is O=C(c1cc[nH]c1)N1CC[C@@H](O)[C@](Cc2ccc(F)cc2)(C(=O)O)C1. The van der Waals surface area contributed by atoms with Crippen molar-refractivity contribution in [3.05, 3.63) is 59.7 Å². The summed E-state index contributed by atoms with van der Waals surface area (Å²) in [7, 11) is 0. The third kappa shape index (κ3) is 3.28. The van der Waals surface area contributed by atoms with Crippen LogP contribution >= 0.6 is 0 Å². The van der Waals surface area contributed by atoms with E-state index in [9.17, 15) is 24.2 Å². The molecule has 0 spiro atoms. The maximum absolute atomic E-state index is 13.1. The van der Waals surface area contributed by atoms with Crippen LogP contribution in [-0.4, -0.2) is 51.2 Å². The number of carboxylic acids is 1. The molecule has 0 bridgehead atoms. The van der Waals surface area contributed by atoms with Crippen LogP contribution in [0.15, 0.2) is 42.7 Å². The molecule has 1 aliphatic heterocycles. The minimum Gasteiger partial charge on any atom is -0.481 e. The molecule has 3 rings (SSSR count). The Morgan fingerprint density at radius 2 is 2.00 bits per heavy atom. The zero-order valence-electron chi connectivity index (χ0n) is 13.5. The third-order valence-electron chi connectivity index (χ3n) is 4.77. The lowest BCUT2D eigenvalue weighted by atomic mass is 9.72. The molecular weight excluding hydrogens is 327 g/mol. The number of carbonyl (C=O) groups excluding carboxylic acids is 1. The van der Waals surface area contributed by atoms with Crippen LogP contribution in [0.5, 0.6) is 0 Å². The zero-order chi connectivity index (χ0) is 18.0. The average molecular weight is 346 g/mol. The Kier molecular flexibility index (Phi) is 4.59. The number of halogens is 1. The lowest BCUT2D eigenvalue weighted by molar-refractivity contribution is -0.161. The second-order valence-corrected chi connectivity index (χ2v) is 6.40. The monoisotopic (exact) mass is 346 g/mol. The van der Waals surface area contributed by atoms with Crippen molar-refractivity contribution < 1.29 is 24.2 Å². The first kappa shape index (κ1) is 17.2. The lowest BCUT2D eigenvalue weighted by Crippen LogP contribution is -2.58. The van der Waals surface area contributed by atoms with E-state index >= 15 is 0 Å². The summed E-state index contributed by atoms with van der Waals surface area (Å²) in [4.78, 5) is 28.8. The molecule has 132 valence electrons. The van der Waals surface area contributed by atoms with Gasteiger partial charge >= 0.3 is 5.97 Å². The van der Waals surface area contributed by atoms with E-state index in [0.717, 1.165) is 0 Å². The van der Waals surface area contributed by atoms with Crippen molar-refractivity contribution in [2.75, 3.05) is 13.1 Å². The van der Waals surface area contributed by atoms with Gasteiger partial charge in [0.25, 0.3) is 5.91 Å². The second-order valence-electron chi connectivity index (χ2n) is 6.40. The van der Waals surface area contributed by atoms with E-state index < -0.39 is 23.3 Å². The highest BCUT2D eigenvalue weighted by Crippen LogP contribution is 2.35. The number of aliphatic hydroxyl groups excluding tert-OH is 1.